The van der Waals surface area contributed by atoms with Crippen LogP contribution in [0.5, 0.6) is 0 Å². The molecule has 2 unspecified atom stereocenters. The molecule has 1 fully saturated rings. The number of fused-ring (bicyclic) bond motifs is 1. The van der Waals surface area contributed by atoms with Gasteiger partial charge in [-0.1, -0.05) is 6.07 Å². The number of amides is 1. The summed E-state index contributed by atoms with van der Waals surface area (Å²) in [4.78, 5) is 14.6. The summed E-state index contributed by atoms with van der Waals surface area (Å²) in [6.45, 7) is 3.84. The zero-order chi connectivity index (χ0) is 16.2. The van der Waals surface area contributed by atoms with Crippen LogP contribution in [-0.2, 0) is 20.7 Å². The van der Waals surface area contributed by atoms with Gasteiger partial charge in [0.05, 0.1) is 12.7 Å². The first-order valence-corrected chi connectivity index (χ1v) is 8.59. The summed E-state index contributed by atoms with van der Waals surface area (Å²) in [7, 11) is 0. The van der Waals surface area contributed by atoms with Crippen LogP contribution in [0.15, 0.2) is 18.2 Å². The van der Waals surface area contributed by atoms with Gasteiger partial charge in [-0.2, -0.15) is 0 Å². The molecule has 1 aromatic rings. The van der Waals surface area contributed by atoms with E-state index in [0.717, 1.165) is 55.8 Å². The maximum atomic E-state index is 12.8. The molecule has 2 aliphatic heterocycles. The first kappa shape index (κ1) is 16.3. The number of nitrogens with two attached hydrogens (primary N) is 1. The van der Waals surface area contributed by atoms with E-state index >= 15 is 0 Å². The third-order valence-corrected chi connectivity index (χ3v) is 4.71. The minimum Gasteiger partial charge on any atom is -0.398 e. The van der Waals surface area contributed by atoms with Crippen LogP contribution in [0.1, 0.15) is 38.2 Å². The van der Waals surface area contributed by atoms with Crippen molar-refractivity contribution in [2.24, 2.45) is 0 Å². The fraction of sp³-hybridized carbons (Fsp3) is 0.611. The van der Waals surface area contributed by atoms with E-state index in [0.29, 0.717) is 6.61 Å². The standard InChI is InChI=1S/C18H26N2O3/c1-13(23-12-14-6-2-3-11-22-14)18(21)20-10-5-7-15-16(19)8-4-9-17(15)20/h4,8-9,13-14H,2-3,5-7,10-12,19H2,1H3. The lowest BCUT2D eigenvalue weighted by molar-refractivity contribution is -0.132. The summed E-state index contributed by atoms with van der Waals surface area (Å²) in [6, 6.07) is 5.77. The van der Waals surface area contributed by atoms with Gasteiger partial charge in [0.2, 0.25) is 0 Å². The summed E-state index contributed by atoms with van der Waals surface area (Å²) in [6.07, 6.45) is 4.84. The van der Waals surface area contributed by atoms with Gasteiger partial charge in [-0.25, -0.2) is 0 Å². The molecule has 2 N–H and O–H groups in total. The van der Waals surface area contributed by atoms with Crippen LogP contribution >= 0.6 is 0 Å². The Labute approximate surface area is 137 Å². The molecule has 126 valence electrons. The molecule has 0 saturated carbocycles. The smallest absolute Gasteiger partial charge is 0.255 e. The first-order valence-electron chi connectivity index (χ1n) is 8.59. The van der Waals surface area contributed by atoms with Crippen molar-refractivity contribution in [3.63, 3.8) is 0 Å². The average molecular weight is 318 g/mol. The minimum atomic E-state index is -0.465. The van der Waals surface area contributed by atoms with Crippen molar-refractivity contribution in [2.45, 2.75) is 51.2 Å². The maximum Gasteiger partial charge on any atom is 0.255 e. The van der Waals surface area contributed by atoms with E-state index in [2.05, 4.69) is 0 Å². The fourth-order valence-electron chi connectivity index (χ4n) is 3.36. The number of nitrogens with zero attached hydrogens (tertiary/aromatic N) is 1. The van der Waals surface area contributed by atoms with Crippen LogP contribution < -0.4 is 10.6 Å². The molecular weight excluding hydrogens is 292 g/mol. The molecule has 0 spiro atoms. The normalized spacial score (nSPS) is 22.5. The lowest BCUT2D eigenvalue weighted by Crippen LogP contribution is -2.43. The molecule has 1 amide bonds. The Hall–Kier alpha value is -1.59. The van der Waals surface area contributed by atoms with Crippen molar-refractivity contribution < 1.29 is 14.3 Å². The summed E-state index contributed by atoms with van der Waals surface area (Å²) in [5.74, 6) is 0.00681. The monoisotopic (exact) mass is 318 g/mol. The van der Waals surface area contributed by atoms with Crippen molar-refractivity contribution in [2.75, 3.05) is 30.4 Å². The van der Waals surface area contributed by atoms with Gasteiger partial charge < -0.3 is 20.1 Å². The largest absolute Gasteiger partial charge is 0.398 e. The number of nitrogen functional groups attached to an aromatic ring is 1. The molecule has 23 heavy (non-hydrogen) atoms. The molecule has 3 rings (SSSR count). The highest BCUT2D eigenvalue weighted by atomic mass is 16.5. The SMILES string of the molecule is CC(OCC1CCCCO1)C(=O)N1CCCc2c(N)cccc21. The fourth-order valence-corrected chi connectivity index (χ4v) is 3.36. The van der Waals surface area contributed by atoms with Crippen LogP contribution in [0.4, 0.5) is 11.4 Å². The van der Waals surface area contributed by atoms with E-state index in [1.54, 1.807) is 0 Å². The Balaban J connectivity index is 1.63. The predicted molar refractivity (Wildman–Crippen MR) is 90.5 cm³/mol. The summed E-state index contributed by atoms with van der Waals surface area (Å²) in [5, 5.41) is 0. The van der Waals surface area contributed by atoms with Gasteiger partial charge >= 0.3 is 0 Å². The Morgan fingerprint density at radius 2 is 2.30 bits per heavy atom. The molecule has 5 heteroatoms. The molecule has 0 aliphatic carbocycles. The second-order valence-electron chi connectivity index (χ2n) is 6.40. The highest BCUT2D eigenvalue weighted by Gasteiger charge is 2.28. The topological polar surface area (TPSA) is 64.8 Å². The predicted octanol–water partition coefficient (Wildman–Crippen LogP) is 2.52. The van der Waals surface area contributed by atoms with Gasteiger partial charge in [-0.05, 0) is 56.7 Å². The van der Waals surface area contributed by atoms with Crippen LogP contribution in [0.2, 0.25) is 0 Å². The third-order valence-electron chi connectivity index (χ3n) is 4.71. The van der Waals surface area contributed by atoms with Gasteiger partial charge in [0.25, 0.3) is 5.91 Å². The highest BCUT2D eigenvalue weighted by molar-refractivity contribution is 5.98. The molecule has 2 aliphatic rings. The Kier molecular flexibility index (Phi) is 5.18. The van der Waals surface area contributed by atoms with Crippen LogP contribution in [-0.4, -0.2) is 37.9 Å². The molecule has 0 aromatic heterocycles. The molecule has 0 radical (unpaired) electrons. The average Bonchev–Trinajstić information content (AvgIpc) is 2.60. The van der Waals surface area contributed by atoms with Gasteiger partial charge in [-0.15, -0.1) is 0 Å². The van der Waals surface area contributed by atoms with Gasteiger partial charge in [0.15, 0.2) is 0 Å². The van der Waals surface area contributed by atoms with E-state index in [4.69, 9.17) is 15.2 Å². The van der Waals surface area contributed by atoms with Crippen LogP contribution in [0.25, 0.3) is 0 Å². The Morgan fingerprint density at radius 3 is 3.09 bits per heavy atom. The summed E-state index contributed by atoms with van der Waals surface area (Å²) in [5.41, 5.74) is 8.83. The number of benzene rings is 1. The maximum absolute atomic E-state index is 12.8. The number of hydrogen-bond donors (Lipinski definition) is 1. The highest BCUT2D eigenvalue weighted by Crippen LogP contribution is 2.31. The molecule has 5 nitrogen and oxygen atoms in total. The molecule has 2 atom stereocenters. The van der Waals surface area contributed by atoms with Crippen molar-refractivity contribution in [3.8, 4) is 0 Å². The van der Waals surface area contributed by atoms with Gasteiger partial charge in [0.1, 0.15) is 6.10 Å². The number of ether oxygens (including phenoxy) is 2. The van der Waals surface area contributed by atoms with E-state index < -0.39 is 6.10 Å². The second kappa shape index (κ2) is 7.32. The number of rotatable bonds is 4. The zero-order valence-corrected chi connectivity index (χ0v) is 13.8. The summed E-state index contributed by atoms with van der Waals surface area (Å²) < 4.78 is 11.5. The number of carbonyl (C=O) groups is 1. The van der Waals surface area contributed by atoms with Crippen molar-refractivity contribution in [3.05, 3.63) is 23.8 Å². The third kappa shape index (κ3) is 3.67. The Bertz CT molecular complexity index is 555. The lowest BCUT2D eigenvalue weighted by atomic mass is 9.99. The van der Waals surface area contributed by atoms with Crippen molar-refractivity contribution in [1.29, 1.82) is 0 Å². The van der Waals surface area contributed by atoms with E-state index in [1.807, 2.05) is 30.0 Å². The molecule has 1 aromatic carbocycles. The van der Waals surface area contributed by atoms with Crippen molar-refractivity contribution >= 4 is 17.3 Å². The molecule has 2 heterocycles. The quantitative estimate of drug-likeness (QED) is 0.867. The minimum absolute atomic E-state index is 0.00681. The Morgan fingerprint density at radius 1 is 1.43 bits per heavy atom. The van der Waals surface area contributed by atoms with Crippen LogP contribution in [0, 0.1) is 0 Å². The zero-order valence-electron chi connectivity index (χ0n) is 13.8. The molecule has 1 saturated heterocycles. The number of anilines is 2. The molecule has 0 bridgehead atoms. The van der Waals surface area contributed by atoms with Gasteiger partial charge in [0, 0.05) is 24.5 Å². The van der Waals surface area contributed by atoms with E-state index in [-0.39, 0.29) is 12.0 Å². The van der Waals surface area contributed by atoms with E-state index in [9.17, 15) is 4.79 Å². The second-order valence-corrected chi connectivity index (χ2v) is 6.40. The number of carbonyl (C=O) groups excluding carboxylic acids is 1. The van der Waals surface area contributed by atoms with Gasteiger partial charge in [-0.3, -0.25) is 4.79 Å². The first-order chi connectivity index (χ1) is 11.2. The van der Waals surface area contributed by atoms with Crippen molar-refractivity contribution in [1.82, 2.24) is 0 Å². The van der Waals surface area contributed by atoms with E-state index in [1.165, 1.54) is 6.42 Å². The van der Waals surface area contributed by atoms with Crippen LogP contribution in [0.3, 0.4) is 0 Å². The molecular formula is C18H26N2O3. The number of hydrogen-bond acceptors (Lipinski definition) is 4. The lowest BCUT2D eigenvalue weighted by Gasteiger charge is -2.32. The summed E-state index contributed by atoms with van der Waals surface area (Å²) >= 11 is 0.